The van der Waals surface area contributed by atoms with Gasteiger partial charge in [0.1, 0.15) is 0 Å². The highest BCUT2D eigenvalue weighted by atomic mass is 16.3. The smallest absolute Gasteiger partial charge is 0.0568 e. The lowest BCUT2D eigenvalue weighted by Gasteiger charge is -2.31. The summed E-state index contributed by atoms with van der Waals surface area (Å²) in [6.07, 6.45) is 7.22. The summed E-state index contributed by atoms with van der Waals surface area (Å²) in [6, 6.07) is 0.719. The van der Waals surface area contributed by atoms with Crippen LogP contribution in [0.1, 0.15) is 45.4 Å². The minimum Gasteiger partial charge on any atom is -0.393 e. The quantitative estimate of drug-likeness (QED) is 0.831. The predicted octanol–water partition coefficient (Wildman–Crippen LogP) is 1.95. The summed E-state index contributed by atoms with van der Waals surface area (Å²) in [6.45, 7) is 7.18. The molecule has 3 unspecified atom stereocenters. The second-order valence-electron chi connectivity index (χ2n) is 6.26. The van der Waals surface area contributed by atoms with Crippen LogP contribution >= 0.6 is 0 Å². The van der Waals surface area contributed by atoms with Gasteiger partial charge < -0.3 is 10.0 Å². The van der Waals surface area contributed by atoms with Crippen LogP contribution in [0.15, 0.2) is 0 Å². The Morgan fingerprint density at radius 2 is 2.00 bits per heavy atom. The molecule has 2 aliphatic rings. The molecule has 0 amide bonds. The third-order valence-electron chi connectivity index (χ3n) is 4.90. The molecule has 1 N–H and O–H groups in total. The molecule has 2 fully saturated rings. The van der Waals surface area contributed by atoms with E-state index >= 15 is 0 Å². The maximum atomic E-state index is 9.91. The summed E-state index contributed by atoms with van der Waals surface area (Å²) in [7, 11) is 2.24. The topological polar surface area (TPSA) is 26.7 Å². The Bertz CT molecular complexity index is 247. The minimum atomic E-state index is -0.0141. The Morgan fingerprint density at radius 3 is 2.67 bits per heavy atom. The SMILES string of the molecule is CCC1CN(C)CCCN1CCC1CCCC1O. The standard InChI is InChI=1S/C15H30N2O/c1-3-14-12-16(2)9-5-10-17(14)11-8-13-6-4-7-15(13)18/h13-15,18H,3-12H2,1-2H3. The van der Waals surface area contributed by atoms with Gasteiger partial charge in [0.05, 0.1) is 6.10 Å². The first kappa shape index (κ1) is 14.3. The summed E-state index contributed by atoms with van der Waals surface area (Å²) in [5.74, 6) is 0.573. The van der Waals surface area contributed by atoms with Gasteiger partial charge in [0.15, 0.2) is 0 Å². The van der Waals surface area contributed by atoms with E-state index in [0.29, 0.717) is 5.92 Å². The molecule has 1 aliphatic carbocycles. The molecule has 3 atom stereocenters. The molecule has 1 saturated carbocycles. The number of aliphatic hydroxyl groups excluding tert-OH is 1. The Labute approximate surface area is 112 Å². The van der Waals surface area contributed by atoms with Crippen LogP contribution in [0.3, 0.4) is 0 Å². The van der Waals surface area contributed by atoms with Crippen LogP contribution in [-0.4, -0.2) is 60.3 Å². The number of hydrogen-bond acceptors (Lipinski definition) is 3. The lowest BCUT2D eigenvalue weighted by Crippen LogP contribution is -2.41. The molecule has 3 heteroatoms. The van der Waals surface area contributed by atoms with Gasteiger partial charge in [-0.15, -0.1) is 0 Å². The second-order valence-corrected chi connectivity index (χ2v) is 6.26. The van der Waals surface area contributed by atoms with Gasteiger partial charge >= 0.3 is 0 Å². The first-order valence-electron chi connectivity index (χ1n) is 7.81. The van der Waals surface area contributed by atoms with E-state index in [1.807, 2.05) is 0 Å². The first-order chi connectivity index (χ1) is 8.70. The van der Waals surface area contributed by atoms with Gasteiger partial charge in [-0.3, -0.25) is 4.90 Å². The van der Waals surface area contributed by atoms with Crippen LogP contribution < -0.4 is 0 Å². The van der Waals surface area contributed by atoms with E-state index in [9.17, 15) is 5.11 Å². The van der Waals surface area contributed by atoms with E-state index < -0.39 is 0 Å². The van der Waals surface area contributed by atoms with Crippen molar-refractivity contribution in [3.05, 3.63) is 0 Å². The summed E-state index contributed by atoms with van der Waals surface area (Å²) < 4.78 is 0. The van der Waals surface area contributed by atoms with Crippen molar-refractivity contribution in [2.45, 2.75) is 57.6 Å². The molecule has 18 heavy (non-hydrogen) atoms. The largest absolute Gasteiger partial charge is 0.393 e. The van der Waals surface area contributed by atoms with Crippen LogP contribution in [-0.2, 0) is 0 Å². The Kier molecular flexibility index (Phi) is 5.46. The van der Waals surface area contributed by atoms with Crippen LogP contribution in [0.5, 0.6) is 0 Å². The fourth-order valence-electron chi connectivity index (χ4n) is 3.66. The van der Waals surface area contributed by atoms with E-state index in [1.54, 1.807) is 0 Å². The van der Waals surface area contributed by atoms with Gasteiger partial charge in [-0.25, -0.2) is 0 Å². The number of aliphatic hydroxyl groups is 1. The van der Waals surface area contributed by atoms with Gasteiger partial charge in [0.25, 0.3) is 0 Å². The van der Waals surface area contributed by atoms with Crippen molar-refractivity contribution in [3.63, 3.8) is 0 Å². The van der Waals surface area contributed by atoms with Crippen molar-refractivity contribution in [2.75, 3.05) is 33.2 Å². The third kappa shape index (κ3) is 3.69. The van der Waals surface area contributed by atoms with Gasteiger partial charge in [-0.05, 0) is 64.7 Å². The van der Waals surface area contributed by atoms with Gasteiger partial charge in [-0.2, -0.15) is 0 Å². The molecule has 0 bridgehead atoms. The number of hydrogen-bond donors (Lipinski definition) is 1. The molecule has 2 rings (SSSR count). The molecule has 3 nitrogen and oxygen atoms in total. The number of nitrogens with zero attached hydrogens (tertiary/aromatic N) is 2. The Morgan fingerprint density at radius 1 is 1.17 bits per heavy atom. The monoisotopic (exact) mass is 254 g/mol. The second kappa shape index (κ2) is 6.88. The lowest BCUT2D eigenvalue weighted by atomic mass is 10.0. The highest BCUT2D eigenvalue weighted by Crippen LogP contribution is 2.28. The molecule has 106 valence electrons. The highest BCUT2D eigenvalue weighted by Gasteiger charge is 2.27. The van der Waals surface area contributed by atoms with Crippen molar-refractivity contribution < 1.29 is 5.11 Å². The third-order valence-corrected chi connectivity index (χ3v) is 4.90. The van der Waals surface area contributed by atoms with Crippen molar-refractivity contribution in [2.24, 2.45) is 5.92 Å². The molecule has 1 saturated heterocycles. The van der Waals surface area contributed by atoms with Crippen molar-refractivity contribution in [3.8, 4) is 0 Å². The lowest BCUT2D eigenvalue weighted by molar-refractivity contribution is 0.108. The maximum Gasteiger partial charge on any atom is 0.0568 e. The average molecular weight is 254 g/mol. The minimum absolute atomic E-state index is 0.0141. The molecule has 0 aromatic heterocycles. The fourth-order valence-corrected chi connectivity index (χ4v) is 3.66. The molecule has 1 heterocycles. The predicted molar refractivity (Wildman–Crippen MR) is 75.7 cm³/mol. The van der Waals surface area contributed by atoms with Crippen molar-refractivity contribution in [1.29, 1.82) is 0 Å². The van der Waals surface area contributed by atoms with Crippen molar-refractivity contribution in [1.82, 2.24) is 9.80 Å². The summed E-state index contributed by atoms with van der Waals surface area (Å²) in [4.78, 5) is 5.15. The number of rotatable bonds is 4. The fraction of sp³-hybridized carbons (Fsp3) is 1.00. The molecule has 0 spiro atoms. The Hall–Kier alpha value is -0.120. The Balaban J connectivity index is 1.82. The molecule has 0 aromatic rings. The zero-order valence-electron chi connectivity index (χ0n) is 12.1. The van der Waals surface area contributed by atoms with Gasteiger partial charge in [-0.1, -0.05) is 13.3 Å². The van der Waals surface area contributed by atoms with Gasteiger partial charge in [0, 0.05) is 12.6 Å². The van der Waals surface area contributed by atoms with E-state index in [-0.39, 0.29) is 6.10 Å². The molecule has 0 aromatic carbocycles. The summed E-state index contributed by atoms with van der Waals surface area (Å²) in [5.41, 5.74) is 0. The van der Waals surface area contributed by atoms with Crippen LogP contribution in [0.4, 0.5) is 0 Å². The number of likely N-dealkylation sites (N-methyl/N-ethyl adjacent to an activating group) is 1. The normalized spacial score (nSPS) is 35.8. The zero-order valence-corrected chi connectivity index (χ0v) is 12.1. The first-order valence-corrected chi connectivity index (χ1v) is 7.81. The van der Waals surface area contributed by atoms with E-state index in [2.05, 4.69) is 23.8 Å². The van der Waals surface area contributed by atoms with E-state index in [1.165, 1.54) is 58.3 Å². The maximum absolute atomic E-state index is 9.91. The molecule has 1 aliphatic heterocycles. The van der Waals surface area contributed by atoms with Crippen LogP contribution in [0.2, 0.25) is 0 Å². The van der Waals surface area contributed by atoms with E-state index in [0.717, 1.165) is 12.5 Å². The van der Waals surface area contributed by atoms with Crippen LogP contribution in [0.25, 0.3) is 0 Å². The molecular weight excluding hydrogens is 224 g/mol. The van der Waals surface area contributed by atoms with Gasteiger partial charge in [0.2, 0.25) is 0 Å². The zero-order chi connectivity index (χ0) is 13.0. The average Bonchev–Trinajstić information content (AvgIpc) is 2.67. The summed E-state index contributed by atoms with van der Waals surface area (Å²) in [5, 5.41) is 9.91. The highest BCUT2D eigenvalue weighted by molar-refractivity contribution is 4.81. The summed E-state index contributed by atoms with van der Waals surface area (Å²) >= 11 is 0. The molecule has 0 radical (unpaired) electrons. The van der Waals surface area contributed by atoms with Crippen molar-refractivity contribution >= 4 is 0 Å². The molecular formula is C15H30N2O. The van der Waals surface area contributed by atoms with Crippen LogP contribution in [0, 0.1) is 5.92 Å². The van der Waals surface area contributed by atoms with E-state index in [4.69, 9.17) is 0 Å².